The van der Waals surface area contributed by atoms with Gasteiger partial charge >= 0.3 is 0 Å². The van der Waals surface area contributed by atoms with Gasteiger partial charge in [0.2, 0.25) is 0 Å². The van der Waals surface area contributed by atoms with Crippen molar-refractivity contribution in [3.05, 3.63) is 63.4 Å². The van der Waals surface area contributed by atoms with Crippen LogP contribution in [0.2, 0.25) is 5.02 Å². The molecule has 1 amide bonds. The third-order valence-electron chi connectivity index (χ3n) is 3.96. The van der Waals surface area contributed by atoms with Crippen LogP contribution in [0.5, 0.6) is 5.75 Å². The highest BCUT2D eigenvalue weighted by Gasteiger charge is 2.27. The number of aromatic hydroxyl groups is 1. The lowest BCUT2D eigenvalue weighted by molar-refractivity contribution is 0.0934. The summed E-state index contributed by atoms with van der Waals surface area (Å²) in [6.07, 6.45) is 1.17. The fourth-order valence-electron chi connectivity index (χ4n) is 2.86. The van der Waals surface area contributed by atoms with E-state index >= 15 is 0 Å². The van der Waals surface area contributed by atoms with Gasteiger partial charge in [0.25, 0.3) is 5.91 Å². The van der Waals surface area contributed by atoms with Crippen molar-refractivity contribution in [1.29, 1.82) is 0 Å². The first-order valence-electron chi connectivity index (χ1n) is 7.04. The van der Waals surface area contributed by atoms with Gasteiger partial charge in [0.1, 0.15) is 11.6 Å². The Balaban J connectivity index is 1.87. The number of amides is 1. The summed E-state index contributed by atoms with van der Waals surface area (Å²) >= 11 is 5.90. The summed E-state index contributed by atoms with van der Waals surface area (Å²) in [5.74, 6) is -0.782. The molecule has 0 bridgehead atoms. The maximum atomic E-state index is 13.9. The third kappa shape index (κ3) is 2.66. The molecule has 0 saturated heterocycles. The van der Waals surface area contributed by atoms with Crippen LogP contribution in [0.25, 0.3) is 0 Å². The van der Waals surface area contributed by atoms with Crippen LogP contribution in [-0.4, -0.2) is 11.0 Å². The number of phenolic OH excluding ortho intramolecular Hbond substituents is 1. The van der Waals surface area contributed by atoms with Crippen LogP contribution in [0.1, 0.15) is 39.5 Å². The fraction of sp³-hybridized carbons (Fsp3) is 0.235. The molecule has 0 aromatic heterocycles. The van der Waals surface area contributed by atoms with Crippen molar-refractivity contribution >= 4 is 17.5 Å². The topological polar surface area (TPSA) is 49.3 Å². The summed E-state index contributed by atoms with van der Waals surface area (Å²) in [7, 11) is 0. The lowest BCUT2D eigenvalue weighted by Crippen LogP contribution is -2.27. The molecule has 22 heavy (non-hydrogen) atoms. The average molecular weight is 320 g/mol. The second-order valence-electron chi connectivity index (χ2n) is 5.54. The molecule has 0 aliphatic heterocycles. The van der Waals surface area contributed by atoms with E-state index in [1.165, 1.54) is 12.1 Å². The van der Waals surface area contributed by atoms with Crippen LogP contribution in [0, 0.1) is 12.7 Å². The molecule has 0 radical (unpaired) electrons. The van der Waals surface area contributed by atoms with E-state index in [2.05, 4.69) is 5.32 Å². The van der Waals surface area contributed by atoms with Crippen LogP contribution < -0.4 is 5.32 Å². The van der Waals surface area contributed by atoms with Crippen LogP contribution in [0.3, 0.4) is 0 Å². The van der Waals surface area contributed by atoms with E-state index in [9.17, 15) is 14.3 Å². The fourth-order valence-corrected chi connectivity index (χ4v) is 3.07. The minimum atomic E-state index is -0.376. The van der Waals surface area contributed by atoms with E-state index in [-0.39, 0.29) is 29.1 Å². The smallest absolute Gasteiger partial charge is 0.255 e. The quantitative estimate of drug-likeness (QED) is 0.881. The highest BCUT2D eigenvalue weighted by atomic mass is 35.5. The number of aryl methyl sites for hydroxylation is 1. The molecule has 0 fully saturated rings. The minimum absolute atomic E-state index is 0.0707. The van der Waals surface area contributed by atoms with Gasteiger partial charge in [0, 0.05) is 5.02 Å². The lowest BCUT2D eigenvalue weighted by Gasteiger charge is -2.15. The van der Waals surface area contributed by atoms with Gasteiger partial charge in [-0.1, -0.05) is 23.2 Å². The number of carbonyl (C=O) groups is 1. The number of rotatable bonds is 2. The highest BCUT2D eigenvalue weighted by Crippen LogP contribution is 2.35. The summed E-state index contributed by atoms with van der Waals surface area (Å²) in [6, 6.07) is 7.52. The normalized spacial score (nSPS) is 16.4. The Morgan fingerprint density at radius 1 is 1.36 bits per heavy atom. The van der Waals surface area contributed by atoms with E-state index in [1.54, 1.807) is 18.2 Å². The van der Waals surface area contributed by atoms with E-state index < -0.39 is 0 Å². The molecule has 114 valence electrons. The third-order valence-corrected chi connectivity index (χ3v) is 4.17. The van der Waals surface area contributed by atoms with Gasteiger partial charge in [-0.2, -0.15) is 0 Å². The van der Waals surface area contributed by atoms with Crippen LogP contribution in [0.15, 0.2) is 30.3 Å². The Morgan fingerprint density at radius 2 is 2.14 bits per heavy atom. The van der Waals surface area contributed by atoms with Gasteiger partial charge < -0.3 is 10.4 Å². The average Bonchev–Trinajstić information content (AvgIpc) is 2.85. The summed E-state index contributed by atoms with van der Waals surface area (Å²) in [5.41, 5.74) is 2.41. The molecule has 2 aromatic rings. The first kappa shape index (κ1) is 14.9. The van der Waals surface area contributed by atoms with Gasteiger partial charge in [-0.25, -0.2) is 4.39 Å². The zero-order valence-electron chi connectivity index (χ0n) is 12.0. The van der Waals surface area contributed by atoms with Crippen molar-refractivity contribution in [2.24, 2.45) is 0 Å². The molecular weight excluding hydrogens is 305 g/mol. The minimum Gasteiger partial charge on any atom is -0.507 e. The first-order chi connectivity index (χ1) is 10.5. The molecule has 1 atom stereocenters. The number of carbonyl (C=O) groups excluding carboxylic acids is 1. The second-order valence-corrected chi connectivity index (χ2v) is 5.98. The van der Waals surface area contributed by atoms with E-state index in [0.717, 1.165) is 5.56 Å². The predicted molar refractivity (Wildman–Crippen MR) is 82.8 cm³/mol. The van der Waals surface area contributed by atoms with Gasteiger partial charge in [-0.15, -0.1) is 0 Å². The molecule has 0 spiro atoms. The van der Waals surface area contributed by atoms with Crippen molar-refractivity contribution in [2.45, 2.75) is 25.8 Å². The number of hydrogen-bond donors (Lipinski definition) is 2. The molecule has 1 aliphatic rings. The van der Waals surface area contributed by atoms with Crippen LogP contribution >= 0.6 is 11.6 Å². The second kappa shape index (κ2) is 5.61. The summed E-state index contributed by atoms with van der Waals surface area (Å²) in [5, 5.41) is 13.0. The van der Waals surface area contributed by atoms with Gasteiger partial charge in [0.15, 0.2) is 0 Å². The number of nitrogens with one attached hydrogen (secondary N) is 1. The standard InChI is InChI=1S/C17H15ClFNO2/c1-9-2-5-16(21)13(6-9)17(22)20-15-4-3-11-12(15)7-10(18)8-14(11)19/h2,5-8,15,21H,3-4H2,1H3,(H,20,22)/t15-/m1/s1. The van der Waals surface area contributed by atoms with Crippen molar-refractivity contribution in [2.75, 3.05) is 0 Å². The number of benzene rings is 2. The molecule has 0 saturated carbocycles. The Bertz CT molecular complexity index is 761. The van der Waals surface area contributed by atoms with E-state index in [4.69, 9.17) is 11.6 Å². The van der Waals surface area contributed by atoms with Gasteiger partial charge in [-0.05, 0) is 55.2 Å². The Kier molecular flexibility index (Phi) is 3.79. The molecule has 3 rings (SSSR count). The molecular formula is C17H15ClFNO2. The highest BCUT2D eigenvalue weighted by molar-refractivity contribution is 6.30. The Morgan fingerprint density at radius 3 is 2.91 bits per heavy atom. The largest absolute Gasteiger partial charge is 0.507 e. The van der Waals surface area contributed by atoms with Crippen molar-refractivity contribution in [1.82, 2.24) is 5.32 Å². The van der Waals surface area contributed by atoms with Crippen molar-refractivity contribution < 1.29 is 14.3 Å². The zero-order chi connectivity index (χ0) is 15.9. The monoisotopic (exact) mass is 319 g/mol. The van der Waals surface area contributed by atoms with Crippen molar-refractivity contribution in [3.63, 3.8) is 0 Å². The van der Waals surface area contributed by atoms with Crippen LogP contribution in [0.4, 0.5) is 4.39 Å². The van der Waals surface area contributed by atoms with Crippen molar-refractivity contribution in [3.8, 4) is 5.75 Å². The Labute approximate surface area is 132 Å². The zero-order valence-corrected chi connectivity index (χ0v) is 12.7. The molecule has 0 heterocycles. The lowest BCUT2D eigenvalue weighted by atomic mass is 10.1. The van der Waals surface area contributed by atoms with E-state index in [0.29, 0.717) is 29.0 Å². The molecule has 2 aromatic carbocycles. The van der Waals surface area contributed by atoms with E-state index in [1.807, 2.05) is 6.92 Å². The Hall–Kier alpha value is -2.07. The number of hydrogen-bond acceptors (Lipinski definition) is 2. The molecule has 0 unspecified atom stereocenters. The number of phenols is 1. The summed E-state index contributed by atoms with van der Waals surface area (Å²) in [6.45, 7) is 1.84. The first-order valence-corrected chi connectivity index (χ1v) is 7.42. The number of halogens is 2. The molecule has 2 N–H and O–H groups in total. The SMILES string of the molecule is Cc1ccc(O)c(C(=O)N[C@@H]2CCc3c(F)cc(Cl)cc32)c1. The predicted octanol–water partition coefficient (Wildman–Crippen LogP) is 3.91. The summed E-state index contributed by atoms with van der Waals surface area (Å²) in [4.78, 5) is 12.4. The maximum absolute atomic E-state index is 13.9. The maximum Gasteiger partial charge on any atom is 0.255 e. The summed E-state index contributed by atoms with van der Waals surface area (Å²) < 4.78 is 13.9. The molecule has 5 heteroatoms. The molecule has 1 aliphatic carbocycles. The van der Waals surface area contributed by atoms with Gasteiger partial charge in [-0.3, -0.25) is 4.79 Å². The van der Waals surface area contributed by atoms with Crippen LogP contribution in [-0.2, 0) is 6.42 Å². The van der Waals surface area contributed by atoms with Gasteiger partial charge in [0.05, 0.1) is 11.6 Å². The number of fused-ring (bicyclic) bond motifs is 1. The molecule has 3 nitrogen and oxygen atoms in total.